The van der Waals surface area contributed by atoms with Gasteiger partial charge >= 0.3 is 72.1 Å². The highest BCUT2D eigenvalue weighted by Crippen LogP contribution is 2.69. The van der Waals surface area contributed by atoms with E-state index in [0.717, 1.165) is 20.3 Å². The molecule has 0 radical (unpaired) electrons. The van der Waals surface area contributed by atoms with Gasteiger partial charge in [-0.2, -0.15) is 87.8 Å². The molecule has 0 spiro atoms. The van der Waals surface area contributed by atoms with Crippen LogP contribution in [0, 0.1) is 11.8 Å². The summed E-state index contributed by atoms with van der Waals surface area (Å²) in [5.41, 5.74) is -23.7. The number of alkyl halides is 20. The predicted molar refractivity (Wildman–Crippen MR) is 247 cm³/mol. The van der Waals surface area contributed by atoms with Crippen LogP contribution in [0.15, 0.2) is 36.5 Å². The van der Waals surface area contributed by atoms with Crippen molar-refractivity contribution in [3.63, 3.8) is 0 Å². The van der Waals surface area contributed by atoms with Crippen molar-refractivity contribution >= 4 is 17.9 Å². The number of carbonyl (C=O) groups is 3. The molecule has 9 atom stereocenters. The van der Waals surface area contributed by atoms with Crippen LogP contribution in [0.2, 0.25) is 0 Å². The maximum atomic E-state index is 15.6. The lowest BCUT2D eigenvalue weighted by atomic mass is 9.64. The van der Waals surface area contributed by atoms with Crippen LogP contribution in [0.4, 0.5) is 87.8 Å². The average Bonchev–Trinajstić information content (AvgIpc) is 3.32. The Morgan fingerprint density at radius 1 is 0.470 bits per heavy atom. The fourth-order valence-electron chi connectivity index (χ4n) is 11.1. The van der Waals surface area contributed by atoms with E-state index < -0.39 is 180 Å². The van der Waals surface area contributed by atoms with E-state index in [1.54, 1.807) is 0 Å². The Balaban J connectivity index is 0.000000331. The van der Waals surface area contributed by atoms with Gasteiger partial charge in [-0.1, -0.05) is 72.1 Å². The number of ether oxygens (including phenoxy) is 6. The summed E-state index contributed by atoms with van der Waals surface area (Å²) in [7, 11) is 0. The number of hydrogen-bond acceptors (Lipinski definition) is 12. The molecule has 12 nitrogen and oxygen atoms in total. The smallest absolute Gasteiger partial charge is 0.449 e. The summed E-state index contributed by atoms with van der Waals surface area (Å²) in [5, 5.41) is 30.0. The maximum absolute atomic E-state index is 15.6. The van der Waals surface area contributed by atoms with Crippen molar-refractivity contribution in [3.05, 3.63) is 36.5 Å². The van der Waals surface area contributed by atoms with Gasteiger partial charge in [0.1, 0.15) is 0 Å². The molecule has 3 N–H and O–H groups in total. The second kappa shape index (κ2) is 22.9. The summed E-state index contributed by atoms with van der Waals surface area (Å²) in [6.07, 6.45) is -26.8. The zero-order chi connectivity index (χ0) is 65.3. The van der Waals surface area contributed by atoms with Crippen LogP contribution in [0.5, 0.6) is 0 Å². The first kappa shape index (κ1) is 73.2. The van der Waals surface area contributed by atoms with Crippen LogP contribution >= 0.6 is 0 Å². The third-order valence-corrected chi connectivity index (χ3v) is 16.1. The monoisotopic (exact) mass is 1250 g/mol. The van der Waals surface area contributed by atoms with E-state index in [0.29, 0.717) is 33.6 Å². The number of rotatable bonds is 10. The summed E-state index contributed by atoms with van der Waals surface area (Å²) in [6, 6.07) is 0. The molecule has 0 bridgehead atoms. The second-order valence-electron chi connectivity index (χ2n) is 22.3. The Kier molecular flexibility index (Phi) is 20.2. The number of carbonyl (C=O) groups excluding carboxylic acids is 3. The van der Waals surface area contributed by atoms with Gasteiger partial charge in [0.05, 0.1) is 0 Å². The van der Waals surface area contributed by atoms with Gasteiger partial charge in [-0.25, -0.2) is 14.4 Å². The molecule has 3 aliphatic heterocycles. The minimum absolute atomic E-state index is 0.120. The van der Waals surface area contributed by atoms with Crippen molar-refractivity contribution in [2.75, 3.05) is 0 Å². The predicted octanol–water partition coefficient (Wildman–Crippen LogP) is 13.5. The van der Waals surface area contributed by atoms with Gasteiger partial charge in [0, 0.05) is 35.5 Å². The Hall–Kier alpha value is -4.01. The van der Waals surface area contributed by atoms with E-state index >= 15 is 17.6 Å². The van der Waals surface area contributed by atoms with Crippen molar-refractivity contribution < 1.29 is 146 Å². The molecule has 9 unspecified atom stereocenters. The summed E-state index contributed by atoms with van der Waals surface area (Å²) in [5.74, 6) is -42.1. The van der Waals surface area contributed by atoms with Crippen LogP contribution in [-0.4, -0.2) is 133 Å². The molecule has 3 saturated heterocycles. The lowest BCUT2D eigenvalue weighted by Crippen LogP contribution is -2.88. The van der Waals surface area contributed by atoms with Crippen LogP contribution in [0.3, 0.4) is 0 Å². The quantitative estimate of drug-likeness (QED) is 0.0821. The van der Waals surface area contributed by atoms with Crippen LogP contribution < -0.4 is 0 Å². The lowest BCUT2D eigenvalue weighted by molar-refractivity contribution is -0.563. The molecule has 5 fully saturated rings. The van der Waals surface area contributed by atoms with E-state index in [4.69, 9.17) is 14.2 Å². The molecule has 0 aromatic heterocycles. The summed E-state index contributed by atoms with van der Waals surface area (Å²) >= 11 is 0. The number of aliphatic hydroxyl groups is 3. The largest absolute Gasteiger partial charge is 0.449 e. The molecule has 0 aromatic carbocycles. The zero-order valence-corrected chi connectivity index (χ0v) is 46.3. The molecule has 32 heteroatoms. The van der Waals surface area contributed by atoms with E-state index in [9.17, 15) is 99.9 Å². The Labute approximate surface area is 463 Å². The van der Waals surface area contributed by atoms with Crippen LogP contribution in [-0.2, 0) is 42.8 Å². The molecule has 2 saturated carbocycles. The van der Waals surface area contributed by atoms with Crippen LogP contribution in [0.1, 0.15) is 152 Å². The van der Waals surface area contributed by atoms with Gasteiger partial charge < -0.3 is 43.7 Å². The lowest BCUT2D eigenvalue weighted by Gasteiger charge is -2.61. The molecular weight excluding hydrogens is 1180 g/mol. The SMILES string of the molecule is C=C(C)C(=O)OC1(C)C(F)(F)C(O)(C(F)(F)F)OC(C2CCCCC2)(C(F)(F)F)C1(F)F.C=C(C)C(=O)OC1(CC)CC(C)(C(F)(F)F)OC(C)(O)C1(F)F.C=C(C)C(=O)OC1(CC)CC(C2CCCCC2)(C(F)(F)F)OC(C)(O)C1(F)F. The van der Waals surface area contributed by atoms with Crippen molar-refractivity contribution in [1.82, 2.24) is 0 Å². The molecule has 0 amide bonds. The number of halogens is 20. The topological polar surface area (TPSA) is 167 Å². The molecule has 83 heavy (non-hydrogen) atoms. The third kappa shape index (κ3) is 11.8. The summed E-state index contributed by atoms with van der Waals surface area (Å²) in [4.78, 5) is 35.5. The van der Waals surface area contributed by atoms with E-state index in [1.807, 2.05) is 0 Å². The Morgan fingerprint density at radius 2 is 0.819 bits per heavy atom. The molecular formula is C51H66F20O12. The molecule has 5 rings (SSSR count). The number of hydrogen-bond donors (Lipinski definition) is 3. The van der Waals surface area contributed by atoms with Crippen molar-refractivity contribution in [1.29, 1.82) is 0 Å². The normalized spacial score (nSPS) is 36.6. The fourth-order valence-corrected chi connectivity index (χ4v) is 11.1. The van der Waals surface area contributed by atoms with Gasteiger partial charge in [0.2, 0.25) is 22.8 Å². The highest BCUT2D eigenvalue weighted by atomic mass is 19.4. The van der Waals surface area contributed by atoms with Gasteiger partial charge in [-0.05, 0) is 92.9 Å². The minimum Gasteiger partial charge on any atom is -0.449 e. The molecule has 0 aromatic rings. The van der Waals surface area contributed by atoms with Gasteiger partial charge in [-0.3, -0.25) is 0 Å². The first-order valence-corrected chi connectivity index (χ1v) is 25.6. The van der Waals surface area contributed by atoms with E-state index in [-0.39, 0.29) is 43.3 Å². The molecule has 5 aliphatic rings. The third-order valence-electron chi connectivity index (χ3n) is 16.1. The van der Waals surface area contributed by atoms with Crippen molar-refractivity contribution in [3.8, 4) is 0 Å². The van der Waals surface area contributed by atoms with E-state index in [2.05, 4.69) is 33.9 Å². The number of esters is 3. The Morgan fingerprint density at radius 3 is 1.14 bits per heavy atom. The maximum Gasteiger partial charge on any atom is 0.449 e. The molecule has 2 aliphatic carbocycles. The molecule has 482 valence electrons. The summed E-state index contributed by atoms with van der Waals surface area (Å²) in [6.45, 7) is 15.8. The first-order valence-electron chi connectivity index (χ1n) is 25.6. The van der Waals surface area contributed by atoms with E-state index in [1.165, 1.54) is 20.8 Å². The van der Waals surface area contributed by atoms with Crippen molar-refractivity contribution in [2.45, 2.75) is 252 Å². The molecule has 3 heterocycles. The average molecular weight is 1250 g/mol. The summed E-state index contributed by atoms with van der Waals surface area (Å²) < 4.78 is 313. The minimum atomic E-state index is -6.70. The van der Waals surface area contributed by atoms with Crippen LogP contribution in [0.25, 0.3) is 0 Å². The fraction of sp³-hybridized carbons (Fsp3) is 0.824. The van der Waals surface area contributed by atoms with Crippen molar-refractivity contribution in [2.24, 2.45) is 11.8 Å². The standard InChI is InChI=1S/C19H27F5O4.C18H20F10O4.C14H19F5O4/c1-5-16(27-14(25)12(2)3)11-17(19(22,23)24,13-9-7-6-8-10-13)28-15(4,26)18(16,20)21;1-9(2)11(29)31-12(3)14(19,20)13(17(23,24)25,10-7-5-4-6-8-10)32-16(30,15(12,21)22)18(26,27)28;1-6-12(22-9(20)8(2)3)7-10(4,14(17,18)19)23-11(5,21)13(12,15)16/h13,26H,2,5-11H2,1,3-4H3;10,30H,1,4-8H2,2-3H3;21H,2,6-7H2,1,3-5H3. The van der Waals surface area contributed by atoms with Gasteiger partial charge in [0.15, 0.2) is 22.4 Å². The van der Waals surface area contributed by atoms with Gasteiger partial charge in [0.25, 0.3) is 0 Å². The highest BCUT2D eigenvalue weighted by molar-refractivity contribution is 5.88. The van der Waals surface area contributed by atoms with Gasteiger partial charge in [-0.15, -0.1) is 0 Å². The highest BCUT2D eigenvalue weighted by Gasteiger charge is 2.97. The Bertz CT molecular complexity index is 2430. The zero-order valence-electron chi connectivity index (χ0n) is 46.3. The second-order valence-corrected chi connectivity index (χ2v) is 22.3. The first-order chi connectivity index (χ1) is 36.8.